The van der Waals surface area contributed by atoms with Crippen LogP contribution in [0.3, 0.4) is 0 Å². The lowest BCUT2D eigenvalue weighted by atomic mass is 10.1. The summed E-state index contributed by atoms with van der Waals surface area (Å²) in [6.45, 7) is 3.70. The minimum Gasteiger partial charge on any atom is -0.304 e. The van der Waals surface area contributed by atoms with Crippen LogP contribution in [0.2, 0.25) is 0 Å². The van der Waals surface area contributed by atoms with E-state index in [2.05, 4.69) is 11.9 Å². The van der Waals surface area contributed by atoms with Crippen LogP contribution in [0.1, 0.15) is 19.3 Å². The molecule has 0 spiro atoms. The minimum atomic E-state index is 0.782. The molecular formula is C8H15NS. The lowest BCUT2D eigenvalue weighted by Gasteiger charge is -2.06. The van der Waals surface area contributed by atoms with Gasteiger partial charge in [0.05, 0.1) is 0 Å². The molecule has 0 aromatic carbocycles. The van der Waals surface area contributed by atoms with Crippen LogP contribution in [0.4, 0.5) is 0 Å². The first-order chi connectivity index (χ1) is 4.93. The van der Waals surface area contributed by atoms with Crippen molar-refractivity contribution in [1.82, 2.24) is 5.32 Å². The zero-order valence-corrected chi connectivity index (χ0v) is 7.12. The van der Waals surface area contributed by atoms with Gasteiger partial charge in [0.15, 0.2) is 0 Å². The summed E-state index contributed by atoms with van der Waals surface area (Å²) in [4.78, 5) is 0. The number of rotatable bonds is 4. The lowest BCUT2D eigenvalue weighted by molar-refractivity contribution is 0.562. The second-order valence-electron chi connectivity index (χ2n) is 2.64. The van der Waals surface area contributed by atoms with Gasteiger partial charge in [-0.3, -0.25) is 0 Å². The Labute approximate surface area is 67.3 Å². The lowest BCUT2D eigenvalue weighted by Crippen LogP contribution is -2.22. The SMILES string of the molecule is C=CCCCC1CSCN1. The maximum absolute atomic E-state index is 3.70. The van der Waals surface area contributed by atoms with Crippen LogP contribution in [0.5, 0.6) is 0 Å². The molecule has 0 aromatic rings. The third-order valence-corrected chi connectivity index (χ3v) is 2.76. The van der Waals surface area contributed by atoms with Gasteiger partial charge in [-0.05, 0) is 19.3 Å². The molecule has 1 fully saturated rings. The fourth-order valence-corrected chi connectivity index (χ4v) is 2.17. The normalized spacial score (nSPS) is 25.0. The molecule has 1 aliphatic heterocycles. The zero-order chi connectivity index (χ0) is 7.23. The van der Waals surface area contributed by atoms with Crippen LogP contribution in [-0.2, 0) is 0 Å². The highest BCUT2D eigenvalue weighted by molar-refractivity contribution is 7.99. The molecule has 0 aliphatic carbocycles. The van der Waals surface area contributed by atoms with E-state index in [-0.39, 0.29) is 0 Å². The molecule has 10 heavy (non-hydrogen) atoms. The van der Waals surface area contributed by atoms with Crippen LogP contribution in [0.25, 0.3) is 0 Å². The number of hydrogen-bond acceptors (Lipinski definition) is 2. The van der Waals surface area contributed by atoms with Crippen molar-refractivity contribution in [2.24, 2.45) is 0 Å². The molecule has 1 unspecified atom stereocenters. The second-order valence-corrected chi connectivity index (χ2v) is 3.67. The zero-order valence-electron chi connectivity index (χ0n) is 6.31. The van der Waals surface area contributed by atoms with Gasteiger partial charge in [-0.2, -0.15) is 0 Å². The molecule has 1 nitrogen and oxygen atoms in total. The Bertz CT molecular complexity index is 97.4. The Morgan fingerprint density at radius 1 is 1.70 bits per heavy atom. The molecular weight excluding hydrogens is 142 g/mol. The van der Waals surface area contributed by atoms with E-state index in [9.17, 15) is 0 Å². The Kier molecular flexibility index (Phi) is 3.91. The van der Waals surface area contributed by atoms with Gasteiger partial charge in [0.25, 0.3) is 0 Å². The van der Waals surface area contributed by atoms with Gasteiger partial charge < -0.3 is 5.32 Å². The first kappa shape index (κ1) is 8.15. The predicted molar refractivity (Wildman–Crippen MR) is 48.3 cm³/mol. The van der Waals surface area contributed by atoms with E-state index in [1.165, 1.54) is 25.0 Å². The van der Waals surface area contributed by atoms with Gasteiger partial charge >= 0.3 is 0 Å². The van der Waals surface area contributed by atoms with E-state index in [1.54, 1.807) is 0 Å². The molecule has 0 radical (unpaired) electrons. The summed E-state index contributed by atoms with van der Waals surface area (Å²) < 4.78 is 0. The average molecular weight is 157 g/mol. The summed E-state index contributed by atoms with van der Waals surface area (Å²) in [6, 6.07) is 0.782. The van der Waals surface area contributed by atoms with Gasteiger partial charge in [0.2, 0.25) is 0 Å². The maximum Gasteiger partial charge on any atom is 0.0420 e. The summed E-state index contributed by atoms with van der Waals surface area (Å²) in [6.07, 6.45) is 5.78. The van der Waals surface area contributed by atoms with Crippen molar-refractivity contribution in [2.45, 2.75) is 25.3 Å². The summed E-state index contributed by atoms with van der Waals surface area (Å²) >= 11 is 2.00. The van der Waals surface area contributed by atoms with E-state index in [0.717, 1.165) is 11.9 Å². The van der Waals surface area contributed by atoms with Crippen LogP contribution >= 0.6 is 11.8 Å². The van der Waals surface area contributed by atoms with Crippen LogP contribution in [0.15, 0.2) is 12.7 Å². The van der Waals surface area contributed by atoms with Gasteiger partial charge in [0, 0.05) is 17.7 Å². The number of unbranched alkanes of at least 4 members (excludes halogenated alkanes) is 1. The van der Waals surface area contributed by atoms with E-state index in [4.69, 9.17) is 0 Å². The molecule has 2 heteroatoms. The van der Waals surface area contributed by atoms with Crippen LogP contribution in [-0.4, -0.2) is 17.7 Å². The van der Waals surface area contributed by atoms with E-state index in [1.807, 2.05) is 17.8 Å². The topological polar surface area (TPSA) is 12.0 Å². The first-order valence-electron chi connectivity index (χ1n) is 3.85. The fraction of sp³-hybridized carbons (Fsp3) is 0.750. The average Bonchev–Trinajstić information content (AvgIpc) is 2.41. The van der Waals surface area contributed by atoms with E-state index >= 15 is 0 Å². The molecule has 0 saturated carbocycles. The third-order valence-electron chi connectivity index (χ3n) is 1.75. The van der Waals surface area contributed by atoms with Crippen molar-refractivity contribution in [2.75, 3.05) is 11.6 Å². The van der Waals surface area contributed by atoms with Crippen molar-refractivity contribution in [3.8, 4) is 0 Å². The summed E-state index contributed by atoms with van der Waals surface area (Å²) in [7, 11) is 0. The Balaban J connectivity index is 1.96. The van der Waals surface area contributed by atoms with Crippen molar-refractivity contribution in [3.05, 3.63) is 12.7 Å². The standard InChI is InChI=1S/C8H15NS/c1-2-3-4-5-8-6-10-7-9-8/h2,8-9H,1,3-7H2. The van der Waals surface area contributed by atoms with Crippen molar-refractivity contribution >= 4 is 11.8 Å². The van der Waals surface area contributed by atoms with Crippen molar-refractivity contribution in [1.29, 1.82) is 0 Å². The van der Waals surface area contributed by atoms with Gasteiger partial charge in [-0.25, -0.2) is 0 Å². The van der Waals surface area contributed by atoms with Crippen LogP contribution < -0.4 is 5.32 Å². The number of hydrogen-bond donors (Lipinski definition) is 1. The molecule has 0 amide bonds. The van der Waals surface area contributed by atoms with E-state index in [0.29, 0.717) is 0 Å². The smallest absolute Gasteiger partial charge is 0.0420 e. The number of thioether (sulfide) groups is 1. The Morgan fingerprint density at radius 3 is 3.20 bits per heavy atom. The monoisotopic (exact) mass is 157 g/mol. The Hall–Kier alpha value is 0.0500. The minimum absolute atomic E-state index is 0.782. The number of nitrogens with one attached hydrogen (secondary N) is 1. The maximum atomic E-state index is 3.70. The van der Waals surface area contributed by atoms with Crippen molar-refractivity contribution < 1.29 is 0 Å². The molecule has 0 aromatic heterocycles. The molecule has 0 bridgehead atoms. The molecule has 58 valence electrons. The highest BCUT2D eigenvalue weighted by atomic mass is 32.2. The van der Waals surface area contributed by atoms with E-state index < -0.39 is 0 Å². The summed E-state index contributed by atoms with van der Waals surface area (Å²) in [5, 5.41) is 3.44. The van der Waals surface area contributed by atoms with Gasteiger partial charge in [-0.1, -0.05) is 6.08 Å². The highest BCUT2D eigenvalue weighted by Crippen LogP contribution is 2.14. The first-order valence-corrected chi connectivity index (χ1v) is 5.01. The predicted octanol–water partition coefficient (Wildman–Crippen LogP) is 2.01. The molecule has 1 heterocycles. The third kappa shape index (κ3) is 2.76. The molecule has 1 N–H and O–H groups in total. The Morgan fingerprint density at radius 2 is 2.60 bits per heavy atom. The summed E-state index contributed by atoms with van der Waals surface area (Å²) in [5.74, 6) is 2.45. The largest absolute Gasteiger partial charge is 0.304 e. The quantitative estimate of drug-likeness (QED) is 0.495. The van der Waals surface area contributed by atoms with Gasteiger partial charge in [0.1, 0.15) is 0 Å². The summed E-state index contributed by atoms with van der Waals surface area (Å²) in [5.41, 5.74) is 0. The second kappa shape index (κ2) is 4.80. The van der Waals surface area contributed by atoms with Crippen LogP contribution in [0, 0.1) is 0 Å². The fourth-order valence-electron chi connectivity index (χ4n) is 1.13. The molecule has 1 atom stereocenters. The highest BCUT2D eigenvalue weighted by Gasteiger charge is 2.12. The molecule has 1 aliphatic rings. The molecule has 1 rings (SSSR count). The molecule has 1 saturated heterocycles. The van der Waals surface area contributed by atoms with Gasteiger partial charge in [-0.15, -0.1) is 18.3 Å². The number of allylic oxidation sites excluding steroid dienone is 1. The van der Waals surface area contributed by atoms with Crippen molar-refractivity contribution in [3.63, 3.8) is 0 Å².